The Kier molecular flexibility index (Phi) is 6.78. The summed E-state index contributed by atoms with van der Waals surface area (Å²) >= 11 is 0. The third kappa shape index (κ3) is 6.24. The number of carbonyl (C=O) groups excluding carboxylic acids is 2. The first-order valence-corrected chi connectivity index (χ1v) is 8.77. The lowest BCUT2D eigenvalue weighted by atomic mass is 10.1. The zero-order valence-corrected chi connectivity index (χ0v) is 15.7. The topological polar surface area (TPSA) is 67.4 Å². The van der Waals surface area contributed by atoms with Crippen LogP contribution >= 0.6 is 0 Å². The first-order valence-electron chi connectivity index (χ1n) is 8.77. The molecule has 0 fully saturated rings. The van der Waals surface area contributed by atoms with Gasteiger partial charge >= 0.3 is 0 Å². The molecule has 0 heterocycles. The number of nitrogens with one attached hydrogen (secondary N) is 2. The van der Waals surface area contributed by atoms with Crippen LogP contribution in [0.1, 0.15) is 32.8 Å². The summed E-state index contributed by atoms with van der Waals surface area (Å²) in [6, 6.07) is 14.6. The van der Waals surface area contributed by atoms with Crippen LogP contribution in [0.4, 0.5) is 11.4 Å². The highest BCUT2D eigenvalue weighted by molar-refractivity contribution is 5.95. The second-order valence-corrected chi connectivity index (χ2v) is 6.79. The lowest BCUT2D eigenvalue weighted by Gasteiger charge is -2.15. The SMILES string of the molecule is Cc1ccc(OC(C)C(=O)Nc2ccc(NC(=O)CC(C)C)cc2)cc1. The highest BCUT2D eigenvalue weighted by atomic mass is 16.5. The van der Waals surface area contributed by atoms with E-state index in [1.165, 1.54) is 0 Å². The van der Waals surface area contributed by atoms with Crippen LogP contribution in [0.15, 0.2) is 48.5 Å². The molecule has 5 heteroatoms. The molecule has 138 valence electrons. The van der Waals surface area contributed by atoms with Gasteiger partial charge in [0.15, 0.2) is 6.10 Å². The van der Waals surface area contributed by atoms with Crippen LogP contribution in [0.5, 0.6) is 5.75 Å². The van der Waals surface area contributed by atoms with Crippen LogP contribution in [0.3, 0.4) is 0 Å². The number of amides is 2. The van der Waals surface area contributed by atoms with E-state index in [-0.39, 0.29) is 11.8 Å². The van der Waals surface area contributed by atoms with E-state index in [0.29, 0.717) is 29.5 Å². The van der Waals surface area contributed by atoms with Gasteiger partial charge in [-0.2, -0.15) is 0 Å². The van der Waals surface area contributed by atoms with Gasteiger partial charge in [0.1, 0.15) is 5.75 Å². The fraction of sp³-hybridized carbons (Fsp3) is 0.333. The Morgan fingerprint density at radius 3 is 1.96 bits per heavy atom. The molecule has 0 radical (unpaired) electrons. The molecule has 0 aliphatic heterocycles. The zero-order chi connectivity index (χ0) is 19.1. The molecule has 2 aromatic carbocycles. The minimum Gasteiger partial charge on any atom is -0.481 e. The maximum absolute atomic E-state index is 12.3. The Morgan fingerprint density at radius 2 is 1.42 bits per heavy atom. The van der Waals surface area contributed by atoms with Gasteiger partial charge in [-0.3, -0.25) is 9.59 Å². The van der Waals surface area contributed by atoms with E-state index in [2.05, 4.69) is 10.6 Å². The quantitative estimate of drug-likeness (QED) is 0.775. The van der Waals surface area contributed by atoms with Crippen molar-refractivity contribution in [1.82, 2.24) is 0 Å². The lowest BCUT2D eigenvalue weighted by Crippen LogP contribution is -2.30. The predicted molar refractivity (Wildman–Crippen MR) is 104 cm³/mol. The lowest BCUT2D eigenvalue weighted by molar-refractivity contribution is -0.122. The molecular formula is C21H26N2O3. The Balaban J connectivity index is 1.88. The van der Waals surface area contributed by atoms with Crippen molar-refractivity contribution in [2.24, 2.45) is 5.92 Å². The van der Waals surface area contributed by atoms with E-state index < -0.39 is 6.10 Å². The summed E-state index contributed by atoms with van der Waals surface area (Å²) in [6.07, 6.45) is -0.144. The Morgan fingerprint density at radius 1 is 0.885 bits per heavy atom. The van der Waals surface area contributed by atoms with Crippen molar-refractivity contribution in [2.75, 3.05) is 10.6 Å². The summed E-state index contributed by atoms with van der Waals surface area (Å²) in [4.78, 5) is 24.0. The number of carbonyl (C=O) groups is 2. The largest absolute Gasteiger partial charge is 0.481 e. The van der Waals surface area contributed by atoms with Crippen LogP contribution in [0.25, 0.3) is 0 Å². The molecule has 5 nitrogen and oxygen atoms in total. The number of aryl methyl sites for hydroxylation is 1. The molecule has 2 aromatic rings. The average Bonchev–Trinajstić information content (AvgIpc) is 2.58. The second kappa shape index (κ2) is 9.04. The molecule has 1 atom stereocenters. The average molecular weight is 354 g/mol. The third-order valence-electron chi connectivity index (χ3n) is 3.73. The maximum atomic E-state index is 12.3. The third-order valence-corrected chi connectivity index (χ3v) is 3.73. The standard InChI is InChI=1S/C21H26N2O3/c1-14(2)13-20(24)22-17-7-9-18(10-8-17)23-21(25)16(4)26-19-11-5-15(3)6-12-19/h5-12,14,16H,13H2,1-4H3,(H,22,24)(H,23,25). The second-order valence-electron chi connectivity index (χ2n) is 6.79. The molecule has 1 unspecified atom stereocenters. The van der Waals surface area contributed by atoms with Gasteiger partial charge in [0.2, 0.25) is 5.91 Å². The van der Waals surface area contributed by atoms with E-state index in [1.54, 1.807) is 31.2 Å². The summed E-state index contributed by atoms with van der Waals surface area (Å²) in [7, 11) is 0. The van der Waals surface area contributed by atoms with Gasteiger partial charge in [0.05, 0.1) is 0 Å². The molecule has 0 bridgehead atoms. The van der Waals surface area contributed by atoms with Crippen molar-refractivity contribution in [3.8, 4) is 5.75 Å². The Hall–Kier alpha value is -2.82. The maximum Gasteiger partial charge on any atom is 0.265 e. The van der Waals surface area contributed by atoms with Gasteiger partial charge in [-0.05, 0) is 56.2 Å². The summed E-state index contributed by atoms with van der Waals surface area (Å²) in [6.45, 7) is 7.70. The van der Waals surface area contributed by atoms with Gasteiger partial charge in [-0.15, -0.1) is 0 Å². The molecule has 0 aromatic heterocycles. The van der Waals surface area contributed by atoms with Gasteiger partial charge in [0, 0.05) is 17.8 Å². The molecule has 0 saturated heterocycles. The van der Waals surface area contributed by atoms with Gasteiger partial charge in [-0.1, -0.05) is 31.5 Å². The van der Waals surface area contributed by atoms with Crippen LogP contribution in [-0.2, 0) is 9.59 Å². The van der Waals surface area contributed by atoms with Crippen molar-refractivity contribution >= 4 is 23.2 Å². The van der Waals surface area contributed by atoms with Crippen molar-refractivity contribution in [3.63, 3.8) is 0 Å². The summed E-state index contributed by atoms with van der Waals surface area (Å²) in [5.74, 6) is 0.712. The van der Waals surface area contributed by atoms with Crippen molar-refractivity contribution in [1.29, 1.82) is 0 Å². The van der Waals surface area contributed by atoms with Crippen LogP contribution in [0, 0.1) is 12.8 Å². The Labute approximate surface area is 154 Å². The van der Waals surface area contributed by atoms with Crippen molar-refractivity contribution in [2.45, 2.75) is 40.2 Å². The summed E-state index contributed by atoms with van der Waals surface area (Å²) < 4.78 is 5.65. The van der Waals surface area contributed by atoms with Crippen LogP contribution in [0.2, 0.25) is 0 Å². The monoisotopic (exact) mass is 354 g/mol. The summed E-state index contributed by atoms with van der Waals surface area (Å²) in [5.41, 5.74) is 2.49. The molecule has 2 rings (SSSR count). The van der Waals surface area contributed by atoms with E-state index >= 15 is 0 Å². The van der Waals surface area contributed by atoms with Crippen molar-refractivity contribution in [3.05, 3.63) is 54.1 Å². The van der Waals surface area contributed by atoms with E-state index in [4.69, 9.17) is 4.74 Å². The normalized spacial score (nSPS) is 11.7. The van der Waals surface area contributed by atoms with E-state index in [1.807, 2.05) is 45.0 Å². The number of ether oxygens (including phenoxy) is 1. The van der Waals surface area contributed by atoms with Gasteiger partial charge in [-0.25, -0.2) is 0 Å². The first kappa shape index (κ1) is 19.5. The smallest absolute Gasteiger partial charge is 0.265 e. The van der Waals surface area contributed by atoms with E-state index in [9.17, 15) is 9.59 Å². The van der Waals surface area contributed by atoms with Gasteiger partial charge in [0.25, 0.3) is 5.91 Å². The van der Waals surface area contributed by atoms with Crippen molar-refractivity contribution < 1.29 is 14.3 Å². The number of anilines is 2. The zero-order valence-electron chi connectivity index (χ0n) is 15.7. The molecule has 26 heavy (non-hydrogen) atoms. The summed E-state index contributed by atoms with van der Waals surface area (Å²) in [5, 5.41) is 5.65. The highest BCUT2D eigenvalue weighted by Gasteiger charge is 2.15. The fourth-order valence-electron chi connectivity index (χ4n) is 2.34. The predicted octanol–water partition coefficient (Wildman–Crippen LogP) is 4.39. The van der Waals surface area contributed by atoms with Crippen LogP contribution < -0.4 is 15.4 Å². The Bertz CT molecular complexity index is 737. The highest BCUT2D eigenvalue weighted by Crippen LogP contribution is 2.17. The number of benzene rings is 2. The van der Waals surface area contributed by atoms with Crippen LogP contribution in [-0.4, -0.2) is 17.9 Å². The minimum absolute atomic E-state index is 0.0168. The molecule has 0 spiro atoms. The molecule has 0 aliphatic rings. The van der Waals surface area contributed by atoms with E-state index in [0.717, 1.165) is 5.56 Å². The number of hydrogen-bond acceptors (Lipinski definition) is 3. The minimum atomic E-state index is -0.622. The van der Waals surface area contributed by atoms with Gasteiger partial charge < -0.3 is 15.4 Å². The number of rotatable bonds is 7. The number of hydrogen-bond donors (Lipinski definition) is 2. The fourth-order valence-corrected chi connectivity index (χ4v) is 2.34. The molecule has 2 amide bonds. The molecular weight excluding hydrogens is 328 g/mol. The molecule has 0 saturated carbocycles. The molecule has 2 N–H and O–H groups in total. The molecule has 0 aliphatic carbocycles. The first-order chi connectivity index (χ1) is 12.3.